The topological polar surface area (TPSA) is 76.3 Å². The molecule has 1 aliphatic carbocycles. The molecule has 1 aliphatic heterocycles. The van der Waals surface area contributed by atoms with Crippen molar-refractivity contribution in [2.24, 2.45) is 0 Å². The van der Waals surface area contributed by atoms with Gasteiger partial charge in [0.25, 0.3) is 0 Å². The molecule has 2 heterocycles. The second-order valence-electron chi connectivity index (χ2n) is 5.18. The molecule has 1 aromatic heterocycles. The number of hydrogen-bond acceptors (Lipinski definition) is 6. The Bertz CT molecular complexity index is 427. The van der Waals surface area contributed by atoms with Gasteiger partial charge in [-0.1, -0.05) is 12.8 Å². The molecule has 6 nitrogen and oxygen atoms in total. The highest BCUT2D eigenvalue weighted by Crippen LogP contribution is 2.29. The van der Waals surface area contributed by atoms with Crippen molar-refractivity contribution in [3.05, 3.63) is 6.33 Å². The fraction of sp³-hybridized carbons (Fsp3) is 0.692. The molecule has 1 saturated heterocycles. The van der Waals surface area contributed by atoms with Crippen molar-refractivity contribution < 1.29 is 4.74 Å². The van der Waals surface area contributed by atoms with E-state index in [0.29, 0.717) is 11.7 Å². The Morgan fingerprint density at radius 1 is 1.21 bits per heavy atom. The molecule has 0 spiro atoms. The maximum Gasteiger partial charge on any atom is 0.157 e. The average molecular weight is 263 g/mol. The Morgan fingerprint density at radius 2 is 1.95 bits per heavy atom. The van der Waals surface area contributed by atoms with E-state index in [1.54, 1.807) is 6.33 Å². The van der Waals surface area contributed by atoms with Gasteiger partial charge in [0.15, 0.2) is 11.6 Å². The van der Waals surface area contributed by atoms with Crippen LogP contribution in [0.3, 0.4) is 0 Å². The third kappa shape index (κ3) is 2.73. The first-order valence-electron chi connectivity index (χ1n) is 7.04. The molecule has 19 heavy (non-hydrogen) atoms. The van der Waals surface area contributed by atoms with Gasteiger partial charge < -0.3 is 20.7 Å². The summed E-state index contributed by atoms with van der Waals surface area (Å²) in [6.07, 6.45) is 6.59. The molecule has 0 bridgehead atoms. The Balaban J connectivity index is 1.77. The number of nitrogens with two attached hydrogens (primary N) is 1. The van der Waals surface area contributed by atoms with Crippen molar-refractivity contribution >= 4 is 17.3 Å². The monoisotopic (exact) mass is 263 g/mol. The summed E-state index contributed by atoms with van der Waals surface area (Å²) in [5, 5.41) is 3.45. The van der Waals surface area contributed by atoms with Crippen LogP contribution in [0.2, 0.25) is 0 Å². The van der Waals surface area contributed by atoms with Crippen LogP contribution in [0.15, 0.2) is 6.33 Å². The Kier molecular flexibility index (Phi) is 3.68. The van der Waals surface area contributed by atoms with Gasteiger partial charge in [-0.25, -0.2) is 9.97 Å². The predicted molar refractivity (Wildman–Crippen MR) is 75.4 cm³/mol. The summed E-state index contributed by atoms with van der Waals surface area (Å²) in [4.78, 5) is 10.8. The molecule has 1 saturated carbocycles. The molecule has 6 heteroatoms. The minimum absolute atomic E-state index is 0.509. The molecule has 0 radical (unpaired) electrons. The fourth-order valence-electron chi connectivity index (χ4n) is 2.79. The third-order valence-corrected chi connectivity index (χ3v) is 3.87. The average Bonchev–Trinajstić information content (AvgIpc) is 2.95. The fourth-order valence-corrected chi connectivity index (χ4v) is 2.79. The minimum Gasteiger partial charge on any atom is -0.393 e. The molecule has 104 valence electrons. The summed E-state index contributed by atoms with van der Waals surface area (Å²) in [6, 6.07) is 0.509. The Labute approximate surface area is 113 Å². The second kappa shape index (κ2) is 5.61. The van der Waals surface area contributed by atoms with Crippen LogP contribution in [-0.2, 0) is 4.74 Å². The molecule has 3 rings (SSSR count). The highest BCUT2D eigenvalue weighted by atomic mass is 16.5. The van der Waals surface area contributed by atoms with Crippen LogP contribution in [0.25, 0.3) is 0 Å². The molecular formula is C13H21N5O. The van der Waals surface area contributed by atoms with Gasteiger partial charge in [0.05, 0.1) is 13.2 Å². The lowest BCUT2D eigenvalue weighted by Gasteiger charge is -2.29. The number of nitrogen functional groups attached to an aromatic ring is 1. The van der Waals surface area contributed by atoms with E-state index in [1.165, 1.54) is 25.7 Å². The predicted octanol–water partition coefficient (Wildman–Crippen LogP) is 1.25. The van der Waals surface area contributed by atoms with Crippen LogP contribution in [-0.4, -0.2) is 42.3 Å². The van der Waals surface area contributed by atoms with E-state index in [0.717, 1.165) is 37.9 Å². The lowest BCUT2D eigenvalue weighted by Crippen LogP contribution is -2.37. The number of anilines is 3. The lowest BCUT2D eigenvalue weighted by atomic mass is 10.2. The van der Waals surface area contributed by atoms with Crippen molar-refractivity contribution in [3.63, 3.8) is 0 Å². The summed E-state index contributed by atoms with van der Waals surface area (Å²) >= 11 is 0. The van der Waals surface area contributed by atoms with Crippen molar-refractivity contribution in [1.82, 2.24) is 9.97 Å². The number of nitrogens with one attached hydrogen (secondary N) is 1. The van der Waals surface area contributed by atoms with Crippen molar-refractivity contribution in [1.29, 1.82) is 0 Å². The van der Waals surface area contributed by atoms with Gasteiger partial charge in [0.1, 0.15) is 12.0 Å². The van der Waals surface area contributed by atoms with Crippen LogP contribution in [0, 0.1) is 0 Å². The van der Waals surface area contributed by atoms with Gasteiger partial charge in [-0.2, -0.15) is 0 Å². The number of aromatic nitrogens is 2. The number of hydrogen-bond donors (Lipinski definition) is 2. The summed E-state index contributed by atoms with van der Waals surface area (Å²) in [5.74, 6) is 1.61. The quantitative estimate of drug-likeness (QED) is 0.854. The van der Waals surface area contributed by atoms with Crippen LogP contribution in [0.1, 0.15) is 25.7 Å². The van der Waals surface area contributed by atoms with Crippen molar-refractivity contribution in [3.8, 4) is 0 Å². The smallest absolute Gasteiger partial charge is 0.157 e. The maximum atomic E-state index is 6.22. The molecule has 0 aromatic carbocycles. The second-order valence-corrected chi connectivity index (χ2v) is 5.18. The van der Waals surface area contributed by atoms with Gasteiger partial charge >= 0.3 is 0 Å². The third-order valence-electron chi connectivity index (χ3n) is 3.87. The van der Waals surface area contributed by atoms with Crippen LogP contribution < -0.4 is 16.0 Å². The van der Waals surface area contributed by atoms with E-state index in [4.69, 9.17) is 10.5 Å². The number of ether oxygens (including phenoxy) is 1. The number of rotatable bonds is 3. The zero-order chi connectivity index (χ0) is 13.1. The van der Waals surface area contributed by atoms with Crippen LogP contribution in [0.4, 0.5) is 17.3 Å². The summed E-state index contributed by atoms with van der Waals surface area (Å²) in [5.41, 5.74) is 6.89. The first-order valence-corrected chi connectivity index (χ1v) is 7.04. The van der Waals surface area contributed by atoms with Crippen LogP contribution in [0.5, 0.6) is 0 Å². The van der Waals surface area contributed by atoms with E-state index in [9.17, 15) is 0 Å². The minimum atomic E-state index is 0.509. The van der Waals surface area contributed by atoms with Crippen molar-refractivity contribution in [2.45, 2.75) is 31.7 Å². The van der Waals surface area contributed by atoms with Gasteiger partial charge in [0, 0.05) is 19.1 Å². The maximum absolute atomic E-state index is 6.22. The van der Waals surface area contributed by atoms with E-state index >= 15 is 0 Å². The normalized spacial score (nSPS) is 20.7. The van der Waals surface area contributed by atoms with Gasteiger partial charge in [0.2, 0.25) is 0 Å². The zero-order valence-electron chi connectivity index (χ0n) is 11.1. The molecule has 1 aromatic rings. The molecule has 0 unspecified atom stereocenters. The Hall–Kier alpha value is -1.56. The number of morpholine rings is 1. The number of nitrogens with zero attached hydrogens (tertiary/aromatic N) is 3. The van der Waals surface area contributed by atoms with Gasteiger partial charge in [-0.05, 0) is 12.8 Å². The van der Waals surface area contributed by atoms with E-state index in [-0.39, 0.29) is 0 Å². The first kappa shape index (κ1) is 12.5. The van der Waals surface area contributed by atoms with E-state index in [2.05, 4.69) is 20.2 Å². The molecule has 2 aliphatic rings. The molecular weight excluding hydrogens is 242 g/mol. The summed E-state index contributed by atoms with van der Waals surface area (Å²) < 4.78 is 5.36. The molecule has 0 atom stereocenters. The lowest BCUT2D eigenvalue weighted by molar-refractivity contribution is 0.122. The zero-order valence-corrected chi connectivity index (χ0v) is 11.1. The van der Waals surface area contributed by atoms with E-state index < -0.39 is 0 Å². The highest BCUT2D eigenvalue weighted by molar-refractivity contribution is 5.75. The Morgan fingerprint density at radius 3 is 2.68 bits per heavy atom. The van der Waals surface area contributed by atoms with Gasteiger partial charge in [-0.3, -0.25) is 0 Å². The van der Waals surface area contributed by atoms with Crippen LogP contribution >= 0.6 is 0 Å². The summed E-state index contributed by atoms with van der Waals surface area (Å²) in [7, 11) is 0. The molecule has 2 fully saturated rings. The summed E-state index contributed by atoms with van der Waals surface area (Å²) in [6.45, 7) is 3.14. The van der Waals surface area contributed by atoms with Gasteiger partial charge in [-0.15, -0.1) is 0 Å². The van der Waals surface area contributed by atoms with Crippen molar-refractivity contribution in [2.75, 3.05) is 42.3 Å². The first-order chi connectivity index (χ1) is 9.34. The van der Waals surface area contributed by atoms with E-state index in [1.807, 2.05) is 0 Å². The molecule has 0 amide bonds. The molecule has 3 N–H and O–H groups in total. The SMILES string of the molecule is Nc1c(NC2CCCC2)ncnc1N1CCOCC1. The highest BCUT2D eigenvalue weighted by Gasteiger charge is 2.20. The standard InChI is InChI=1S/C13H21N5O/c14-11-12(17-10-3-1-2-4-10)15-9-16-13(11)18-5-7-19-8-6-18/h9-10H,1-8,14H2,(H,15,16,17). The largest absolute Gasteiger partial charge is 0.393 e.